The van der Waals surface area contributed by atoms with Crippen LogP contribution in [-0.2, 0) is 12.5 Å². The molecule has 1 aromatic carbocycles. The first-order valence-corrected chi connectivity index (χ1v) is 7.30. The topological polar surface area (TPSA) is 39.9 Å². The largest absolute Gasteiger partial charge is 0.485 e. The van der Waals surface area contributed by atoms with Gasteiger partial charge in [-0.15, -0.1) is 11.6 Å². The van der Waals surface area contributed by atoms with Crippen LogP contribution in [0.5, 0.6) is 5.75 Å². The number of benzene rings is 1. The van der Waals surface area contributed by atoms with Crippen LogP contribution in [0.25, 0.3) is 0 Å². The van der Waals surface area contributed by atoms with Crippen molar-refractivity contribution in [2.75, 3.05) is 0 Å². The summed E-state index contributed by atoms with van der Waals surface area (Å²) in [6, 6.07) is 6.05. The average Bonchev–Trinajstić information content (AvgIpc) is 2.85. The summed E-state index contributed by atoms with van der Waals surface area (Å²) in [5, 5.41) is 4.18. The molecule has 0 saturated carbocycles. The maximum Gasteiger partial charge on any atom is 0.165 e. The van der Waals surface area contributed by atoms with Crippen LogP contribution in [0.3, 0.4) is 0 Å². The molecule has 0 aliphatic heterocycles. The molecule has 1 aromatic heterocycles. The zero-order valence-electron chi connectivity index (χ0n) is 10.8. The van der Waals surface area contributed by atoms with E-state index in [1.54, 1.807) is 6.33 Å². The molecule has 0 amide bonds. The zero-order chi connectivity index (χ0) is 13.8. The first-order valence-electron chi connectivity index (χ1n) is 5.97. The monoisotopic (exact) mass is 343 g/mol. The summed E-state index contributed by atoms with van der Waals surface area (Å²) in [6.07, 6.45) is 1.54. The fourth-order valence-corrected chi connectivity index (χ4v) is 2.36. The fraction of sp³-hybridized carbons (Fsp3) is 0.385. The van der Waals surface area contributed by atoms with Gasteiger partial charge in [-0.25, -0.2) is 9.67 Å². The SMILES string of the molecule is CC(C)n1ncnc1COc1ccc(Br)cc1CCl. The molecular weight excluding hydrogens is 330 g/mol. The molecule has 0 bridgehead atoms. The molecule has 2 aromatic rings. The first-order chi connectivity index (χ1) is 9.11. The van der Waals surface area contributed by atoms with Gasteiger partial charge in [0.1, 0.15) is 18.7 Å². The standard InChI is InChI=1S/C13H15BrClN3O/c1-9(2)18-13(16-8-17-18)7-19-12-4-3-11(14)5-10(12)6-15/h3-5,8-9H,6-7H2,1-2H3. The Morgan fingerprint density at radius 3 is 2.89 bits per heavy atom. The molecule has 0 spiro atoms. The van der Waals surface area contributed by atoms with E-state index in [9.17, 15) is 0 Å². The van der Waals surface area contributed by atoms with Crippen molar-refractivity contribution in [2.45, 2.75) is 32.4 Å². The molecule has 1 heterocycles. The lowest BCUT2D eigenvalue weighted by Crippen LogP contribution is -2.11. The number of ether oxygens (including phenoxy) is 1. The second-order valence-corrected chi connectivity index (χ2v) is 5.57. The zero-order valence-corrected chi connectivity index (χ0v) is 13.1. The summed E-state index contributed by atoms with van der Waals surface area (Å²) in [7, 11) is 0. The lowest BCUT2D eigenvalue weighted by Gasteiger charge is -2.12. The van der Waals surface area contributed by atoms with Gasteiger partial charge in [-0.2, -0.15) is 5.10 Å². The number of aromatic nitrogens is 3. The van der Waals surface area contributed by atoms with E-state index in [1.165, 1.54) is 0 Å². The first kappa shape index (κ1) is 14.3. The van der Waals surface area contributed by atoms with Crippen molar-refractivity contribution in [1.29, 1.82) is 0 Å². The normalized spacial score (nSPS) is 11.0. The molecular formula is C13H15BrClN3O. The van der Waals surface area contributed by atoms with E-state index in [0.717, 1.165) is 21.6 Å². The third kappa shape index (κ3) is 3.48. The van der Waals surface area contributed by atoms with E-state index in [0.29, 0.717) is 12.5 Å². The van der Waals surface area contributed by atoms with Crippen LogP contribution in [0, 0.1) is 0 Å². The summed E-state index contributed by atoms with van der Waals surface area (Å²) in [5.41, 5.74) is 0.951. The summed E-state index contributed by atoms with van der Waals surface area (Å²) < 4.78 is 8.62. The molecule has 0 radical (unpaired) electrons. The Morgan fingerprint density at radius 1 is 1.42 bits per heavy atom. The molecule has 0 unspecified atom stereocenters. The third-order valence-electron chi connectivity index (χ3n) is 2.66. The smallest absolute Gasteiger partial charge is 0.165 e. The Morgan fingerprint density at radius 2 is 2.21 bits per heavy atom. The van der Waals surface area contributed by atoms with Crippen LogP contribution in [0.15, 0.2) is 29.0 Å². The Labute approximate surface area is 125 Å². The average molecular weight is 345 g/mol. The minimum absolute atomic E-state index is 0.263. The lowest BCUT2D eigenvalue weighted by molar-refractivity contribution is 0.280. The van der Waals surface area contributed by atoms with Gasteiger partial charge >= 0.3 is 0 Å². The van der Waals surface area contributed by atoms with Crippen LogP contribution in [0.1, 0.15) is 31.3 Å². The van der Waals surface area contributed by atoms with Crippen LogP contribution >= 0.6 is 27.5 Å². The predicted molar refractivity (Wildman–Crippen MR) is 78.4 cm³/mol. The highest BCUT2D eigenvalue weighted by Crippen LogP contribution is 2.25. The van der Waals surface area contributed by atoms with E-state index >= 15 is 0 Å². The molecule has 4 nitrogen and oxygen atoms in total. The maximum absolute atomic E-state index is 5.91. The molecule has 0 atom stereocenters. The van der Waals surface area contributed by atoms with E-state index < -0.39 is 0 Å². The number of hydrogen-bond donors (Lipinski definition) is 0. The van der Waals surface area contributed by atoms with Gasteiger partial charge in [-0.05, 0) is 32.0 Å². The molecule has 0 aliphatic carbocycles. The molecule has 0 N–H and O–H groups in total. The van der Waals surface area contributed by atoms with Crippen molar-refractivity contribution in [2.24, 2.45) is 0 Å². The Hall–Kier alpha value is -1.07. The van der Waals surface area contributed by atoms with Gasteiger partial charge < -0.3 is 4.74 Å². The number of halogens is 2. The second kappa shape index (κ2) is 6.39. The van der Waals surface area contributed by atoms with Crippen molar-refractivity contribution in [3.63, 3.8) is 0 Å². The van der Waals surface area contributed by atoms with E-state index in [4.69, 9.17) is 16.3 Å². The van der Waals surface area contributed by atoms with E-state index in [-0.39, 0.29) is 6.04 Å². The highest BCUT2D eigenvalue weighted by Gasteiger charge is 2.10. The number of rotatable bonds is 5. The van der Waals surface area contributed by atoms with Gasteiger partial charge in [0.05, 0.1) is 5.88 Å². The van der Waals surface area contributed by atoms with Gasteiger partial charge in [0.25, 0.3) is 0 Å². The lowest BCUT2D eigenvalue weighted by atomic mass is 10.2. The van der Waals surface area contributed by atoms with Crippen LogP contribution in [0.2, 0.25) is 0 Å². The Kier molecular flexibility index (Phi) is 4.82. The van der Waals surface area contributed by atoms with Crippen molar-refractivity contribution in [3.05, 3.63) is 40.4 Å². The quantitative estimate of drug-likeness (QED) is 0.771. The minimum Gasteiger partial charge on any atom is -0.485 e. The molecule has 0 fully saturated rings. The minimum atomic E-state index is 0.263. The van der Waals surface area contributed by atoms with E-state index in [1.807, 2.05) is 22.9 Å². The summed E-state index contributed by atoms with van der Waals surface area (Å²) in [4.78, 5) is 4.21. The van der Waals surface area contributed by atoms with Gasteiger partial charge in [0, 0.05) is 16.1 Å². The third-order valence-corrected chi connectivity index (χ3v) is 3.44. The van der Waals surface area contributed by atoms with Crippen molar-refractivity contribution in [3.8, 4) is 5.75 Å². The molecule has 6 heteroatoms. The maximum atomic E-state index is 5.91. The fourth-order valence-electron chi connectivity index (χ4n) is 1.74. The Balaban J connectivity index is 2.12. The highest BCUT2D eigenvalue weighted by atomic mass is 79.9. The molecule has 0 aliphatic rings. The summed E-state index contributed by atoms with van der Waals surface area (Å²) in [5.74, 6) is 1.99. The van der Waals surface area contributed by atoms with Crippen molar-refractivity contribution < 1.29 is 4.74 Å². The molecule has 19 heavy (non-hydrogen) atoms. The predicted octanol–water partition coefficient (Wildman–Crippen LogP) is 3.94. The van der Waals surface area contributed by atoms with E-state index in [2.05, 4.69) is 39.9 Å². The second-order valence-electron chi connectivity index (χ2n) is 4.39. The van der Waals surface area contributed by atoms with Gasteiger partial charge in [-0.3, -0.25) is 0 Å². The van der Waals surface area contributed by atoms with Crippen molar-refractivity contribution in [1.82, 2.24) is 14.8 Å². The number of hydrogen-bond acceptors (Lipinski definition) is 3. The van der Waals surface area contributed by atoms with Crippen LogP contribution in [0.4, 0.5) is 0 Å². The molecule has 2 rings (SSSR count). The number of alkyl halides is 1. The highest BCUT2D eigenvalue weighted by molar-refractivity contribution is 9.10. The van der Waals surface area contributed by atoms with Crippen LogP contribution < -0.4 is 4.74 Å². The molecule has 102 valence electrons. The Bertz CT molecular complexity index is 557. The number of nitrogens with zero attached hydrogens (tertiary/aromatic N) is 3. The van der Waals surface area contributed by atoms with Crippen molar-refractivity contribution >= 4 is 27.5 Å². The summed E-state index contributed by atoms with van der Waals surface area (Å²) in [6.45, 7) is 4.49. The molecule has 0 saturated heterocycles. The van der Waals surface area contributed by atoms with Gasteiger partial charge in [-0.1, -0.05) is 15.9 Å². The summed E-state index contributed by atoms with van der Waals surface area (Å²) >= 11 is 9.33. The van der Waals surface area contributed by atoms with Gasteiger partial charge in [0.2, 0.25) is 0 Å². The van der Waals surface area contributed by atoms with Crippen LogP contribution in [-0.4, -0.2) is 14.8 Å². The van der Waals surface area contributed by atoms with Gasteiger partial charge in [0.15, 0.2) is 5.82 Å².